The predicted octanol–water partition coefficient (Wildman–Crippen LogP) is 2.65. The van der Waals surface area contributed by atoms with Crippen molar-refractivity contribution >= 4 is 29.6 Å². The molecule has 37 heavy (non-hydrogen) atoms. The summed E-state index contributed by atoms with van der Waals surface area (Å²) in [5, 5.41) is 2.55. The van der Waals surface area contributed by atoms with Crippen molar-refractivity contribution in [3.8, 4) is 0 Å². The lowest BCUT2D eigenvalue weighted by Gasteiger charge is -2.25. The summed E-state index contributed by atoms with van der Waals surface area (Å²) < 4.78 is 23.6. The molecule has 0 spiro atoms. The molecule has 1 aliphatic heterocycles. The zero-order chi connectivity index (χ0) is 27.4. The van der Waals surface area contributed by atoms with Crippen molar-refractivity contribution < 1.29 is 38.1 Å². The average molecular weight is 524 g/mol. The molecule has 1 aromatic rings. The Morgan fingerprint density at radius 3 is 2.03 bits per heavy atom. The third kappa shape index (κ3) is 8.96. The highest BCUT2D eigenvalue weighted by Crippen LogP contribution is 2.34. The van der Waals surface area contributed by atoms with Crippen LogP contribution in [0.5, 0.6) is 0 Å². The van der Waals surface area contributed by atoms with E-state index in [1.165, 1.54) is 12.3 Å². The third-order valence-corrected chi connectivity index (χ3v) is 5.44. The van der Waals surface area contributed by atoms with Gasteiger partial charge in [-0.05, 0) is 31.7 Å². The number of carbonyl (C=O) groups is 4. The molecule has 12 nitrogen and oxygen atoms in total. The first-order valence-electron chi connectivity index (χ1n) is 12.8. The Morgan fingerprint density at radius 2 is 1.46 bits per heavy atom. The van der Waals surface area contributed by atoms with Crippen LogP contribution in [-0.2, 0) is 38.1 Å². The number of ether oxygens (including phenoxy) is 4. The molecule has 4 unspecified atom stereocenters. The average Bonchev–Trinajstić information content (AvgIpc) is 3.15. The van der Waals surface area contributed by atoms with Gasteiger partial charge >= 0.3 is 23.6 Å². The second-order valence-electron chi connectivity index (χ2n) is 8.71. The van der Waals surface area contributed by atoms with Crippen LogP contribution in [-0.4, -0.2) is 58.3 Å². The largest absolute Gasteiger partial charge is 0.463 e. The third-order valence-electron chi connectivity index (χ3n) is 5.44. The van der Waals surface area contributed by atoms with E-state index in [1.54, 1.807) is 6.92 Å². The van der Waals surface area contributed by atoms with Crippen LogP contribution in [0.2, 0.25) is 0 Å². The summed E-state index contributed by atoms with van der Waals surface area (Å²) in [7, 11) is 0. The fraction of sp³-hybridized carbons (Fsp3) is 0.680. The van der Waals surface area contributed by atoms with Crippen LogP contribution >= 0.6 is 0 Å². The molecule has 2 rings (SSSR count). The van der Waals surface area contributed by atoms with Crippen molar-refractivity contribution in [2.45, 2.75) is 104 Å². The van der Waals surface area contributed by atoms with Gasteiger partial charge in [0.05, 0.1) is 0 Å². The standard InChI is InChI=1S/C25H37N3O9/c1-5-9-18(29)26-17-13-14-28(25(33)27-17)24-23(37-21(32)12-8-4)22(36-20(31)11-7-3)16(35-24)15-34-19(30)10-6-2/h13-14,16,22-24H,5-12,15H2,1-4H3,(H,26,27,29,33). The molecule has 1 amide bonds. The first-order valence-corrected chi connectivity index (χ1v) is 12.8. The van der Waals surface area contributed by atoms with E-state index in [-0.39, 0.29) is 44.0 Å². The normalized spacial score (nSPS) is 20.8. The van der Waals surface area contributed by atoms with E-state index in [0.717, 1.165) is 4.57 Å². The Hall–Kier alpha value is -3.28. The van der Waals surface area contributed by atoms with Crippen LogP contribution in [0.4, 0.5) is 5.82 Å². The fourth-order valence-corrected chi connectivity index (χ4v) is 3.72. The quantitative estimate of drug-likeness (QED) is 0.284. The molecule has 0 aliphatic carbocycles. The zero-order valence-electron chi connectivity index (χ0n) is 21.9. The van der Waals surface area contributed by atoms with Crippen LogP contribution in [0.25, 0.3) is 0 Å². The van der Waals surface area contributed by atoms with Crippen LogP contribution < -0.4 is 11.0 Å². The Bertz CT molecular complexity index is 994. The van der Waals surface area contributed by atoms with E-state index in [2.05, 4.69) is 10.3 Å². The van der Waals surface area contributed by atoms with E-state index in [1.807, 2.05) is 20.8 Å². The number of esters is 3. The number of nitrogens with one attached hydrogen (secondary N) is 1. The molecule has 0 bridgehead atoms. The minimum Gasteiger partial charge on any atom is -0.463 e. The number of amides is 1. The zero-order valence-corrected chi connectivity index (χ0v) is 21.9. The SMILES string of the molecule is CCCC(=O)Nc1ccn(C2OC(COC(=O)CCC)C(OC(=O)CCC)C2OC(=O)CCC)c(=O)n1. The monoisotopic (exact) mass is 523 g/mol. The maximum Gasteiger partial charge on any atom is 0.351 e. The van der Waals surface area contributed by atoms with Crippen molar-refractivity contribution in [3.63, 3.8) is 0 Å². The highest BCUT2D eigenvalue weighted by Gasteiger charge is 2.51. The Morgan fingerprint density at radius 1 is 0.892 bits per heavy atom. The predicted molar refractivity (Wildman–Crippen MR) is 131 cm³/mol. The Labute approximate surface area is 216 Å². The van der Waals surface area contributed by atoms with E-state index >= 15 is 0 Å². The van der Waals surface area contributed by atoms with Gasteiger partial charge in [-0.2, -0.15) is 4.98 Å². The van der Waals surface area contributed by atoms with E-state index in [9.17, 15) is 24.0 Å². The van der Waals surface area contributed by atoms with Gasteiger partial charge in [0.1, 0.15) is 18.5 Å². The number of hydrogen-bond donors (Lipinski definition) is 1. The van der Waals surface area contributed by atoms with E-state index < -0.39 is 48.1 Å². The molecule has 0 saturated carbocycles. The van der Waals surface area contributed by atoms with Gasteiger partial charge in [-0.25, -0.2) is 4.79 Å². The number of anilines is 1. The van der Waals surface area contributed by atoms with Gasteiger partial charge in [-0.3, -0.25) is 23.7 Å². The molecule has 1 aromatic heterocycles. The molecular formula is C25H37N3O9. The Balaban J connectivity index is 2.40. The number of nitrogens with zero attached hydrogens (tertiary/aromatic N) is 2. The molecule has 12 heteroatoms. The highest BCUT2D eigenvalue weighted by atomic mass is 16.7. The second kappa shape index (κ2) is 15.1. The summed E-state index contributed by atoms with van der Waals surface area (Å²) in [4.78, 5) is 65.5. The van der Waals surface area contributed by atoms with Gasteiger partial charge in [-0.1, -0.05) is 27.7 Å². The van der Waals surface area contributed by atoms with Gasteiger partial charge < -0.3 is 24.3 Å². The summed E-state index contributed by atoms with van der Waals surface area (Å²) in [6.07, 6.45) is -0.246. The van der Waals surface area contributed by atoms with Crippen LogP contribution in [0, 0.1) is 0 Å². The maximum atomic E-state index is 12.9. The van der Waals surface area contributed by atoms with Crippen molar-refractivity contribution in [2.75, 3.05) is 11.9 Å². The molecule has 0 radical (unpaired) electrons. The van der Waals surface area contributed by atoms with E-state index in [0.29, 0.717) is 25.7 Å². The summed E-state index contributed by atoms with van der Waals surface area (Å²) in [5.74, 6) is -1.79. The molecule has 206 valence electrons. The molecule has 4 atom stereocenters. The topological polar surface area (TPSA) is 152 Å². The van der Waals surface area contributed by atoms with Crippen molar-refractivity contribution in [3.05, 3.63) is 22.7 Å². The minimum absolute atomic E-state index is 0.0631. The van der Waals surface area contributed by atoms with Gasteiger partial charge in [-0.15, -0.1) is 0 Å². The summed E-state index contributed by atoms with van der Waals surface area (Å²) in [5.41, 5.74) is -0.780. The minimum atomic E-state index is -1.21. The summed E-state index contributed by atoms with van der Waals surface area (Å²) >= 11 is 0. The van der Waals surface area contributed by atoms with Crippen LogP contribution in [0.3, 0.4) is 0 Å². The van der Waals surface area contributed by atoms with Gasteiger partial charge in [0, 0.05) is 31.9 Å². The maximum absolute atomic E-state index is 12.9. The molecule has 1 fully saturated rings. The van der Waals surface area contributed by atoms with Gasteiger partial charge in [0.15, 0.2) is 18.4 Å². The smallest absolute Gasteiger partial charge is 0.351 e. The van der Waals surface area contributed by atoms with E-state index in [4.69, 9.17) is 18.9 Å². The number of rotatable bonds is 14. The molecule has 1 N–H and O–H groups in total. The van der Waals surface area contributed by atoms with Crippen molar-refractivity contribution in [2.24, 2.45) is 0 Å². The highest BCUT2D eigenvalue weighted by molar-refractivity contribution is 5.89. The molecule has 1 saturated heterocycles. The number of aromatic nitrogens is 2. The van der Waals surface area contributed by atoms with Crippen LogP contribution in [0.15, 0.2) is 17.1 Å². The molecule has 2 heterocycles. The second-order valence-corrected chi connectivity index (χ2v) is 8.71. The van der Waals surface area contributed by atoms with Crippen molar-refractivity contribution in [1.29, 1.82) is 0 Å². The summed E-state index contributed by atoms with van der Waals surface area (Å²) in [6.45, 7) is 7.02. The molecular weight excluding hydrogens is 486 g/mol. The van der Waals surface area contributed by atoms with Gasteiger partial charge in [0.25, 0.3) is 0 Å². The lowest BCUT2D eigenvalue weighted by molar-refractivity contribution is -0.169. The summed E-state index contributed by atoms with van der Waals surface area (Å²) in [6, 6.07) is 1.41. The number of hydrogen-bond acceptors (Lipinski definition) is 10. The first kappa shape index (κ1) is 29.9. The van der Waals surface area contributed by atoms with Gasteiger partial charge in [0.2, 0.25) is 5.91 Å². The van der Waals surface area contributed by atoms with Crippen LogP contribution in [0.1, 0.15) is 85.3 Å². The first-order chi connectivity index (χ1) is 17.7. The lowest BCUT2D eigenvalue weighted by Crippen LogP contribution is -2.42. The van der Waals surface area contributed by atoms with Crippen molar-refractivity contribution in [1.82, 2.24) is 9.55 Å². The lowest BCUT2D eigenvalue weighted by atomic mass is 10.1. The molecule has 0 aromatic carbocycles. The fourth-order valence-electron chi connectivity index (χ4n) is 3.72. The number of carbonyl (C=O) groups excluding carboxylic acids is 4. The molecule has 1 aliphatic rings. The Kier molecular flexibility index (Phi) is 12.2.